The van der Waals surface area contributed by atoms with Crippen molar-refractivity contribution in [3.05, 3.63) is 93.8 Å². The van der Waals surface area contributed by atoms with Crippen LogP contribution in [0.15, 0.2) is 72.0 Å². The highest BCUT2D eigenvalue weighted by atomic mass is 35.5. The van der Waals surface area contributed by atoms with Crippen molar-refractivity contribution in [2.24, 2.45) is 7.05 Å². The summed E-state index contributed by atoms with van der Waals surface area (Å²) < 4.78 is 2.74. The molecule has 0 bridgehead atoms. The Hall–Kier alpha value is -3.78. The van der Waals surface area contributed by atoms with Crippen molar-refractivity contribution in [1.29, 1.82) is 0 Å². The molecule has 0 unspecified atom stereocenters. The summed E-state index contributed by atoms with van der Waals surface area (Å²) in [6, 6.07) is 11.8. The summed E-state index contributed by atoms with van der Waals surface area (Å²) in [6.07, 6.45) is 6.50. The number of rotatable bonds is 5. The number of hydrogen-bond acceptors (Lipinski definition) is 5. The van der Waals surface area contributed by atoms with Gasteiger partial charge >= 0.3 is 0 Å². The number of nitrogens with zero attached hydrogens (tertiary/aromatic N) is 5. The molecular formula is C22H19ClN6O2. The van der Waals surface area contributed by atoms with Crippen molar-refractivity contribution in [3.63, 3.8) is 0 Å². The number of pyridine rings is 1. The van der Waals surface area contributed by atoms with Crippen LogP contribution in [0.3, 0.4) is 0 Å². The molecule has 3 aromatic heterocycles. The third kappa shape index (κ3) is 4.39. The Morgan fingerprint density at radius 1 is 1.16 bits per heavy atom. The van der Waals surface area contributed by atoms with Gasteiger partial charge in [0.2, 0.25) is 0 Å². The highest BCUT2D eigenvalue weighted by Crippen LogP contribution is 2.21. The molecule has 0 spiro atoms. The Bertz CT molecular complexity index is 1280. The van der Waals surface area contributed by atoms with Crippen LogP contribution in [-0.2, 0) is 7.05 Å². The van der Waals surface area contributed by atoms with Gasteiger partial charge in [0.15, 0.2) is 0 Å². The summed E-state index contributed by atoms with van der Waals surface area (Å²) in [6.45, 7) is 1.83. The van der Waals surface area contributed by atoms with E-state index in [0.29, 0.717) is 16.4 Å². The van der Waals surface area contributed by atoms with Crippen LogP contribution in [0.4, 0.5) is 0 Å². The molecule has 9 heteroatoms. The molecule has 1 amide bonds. The molecule has 0 saturated carbocycles. The average Bonchev–Trinajstić information content (AvgIpc) is 3.21. The Morgan fingerprint density at radius 3 is 2.58 bits per heavy atom. The number of nitrogens with one attached hydrogen (secondary N) is 1. The molecule has 4 rings (SSSR count). The molecule has 31 heavy (non-hydrogen) atoms. The number of halogens is 1. The first-order valence-corrected chi connectivity index (χ1v) is 9.90. The Balaban J connectivity index is 1.78. The van der Waals surface area contributed by atoms with Gasteiger partial charge in [-0.15, -0.1) is 0 Å². The number of carbonyl (C=O) groups excluding carboxylic acids is 1. The van der Waals surface area contributed by atoms with E-state index in [0.717, 1.165) is 11.1 Å². The maximum atomic E-state index is 13.1. The third-order valence-corrected chi connectivity index (χ3v) is 5.02. The highest BCUT2D eigenvalue weighted by Gasteiger charge is 2.20. The fourth-order valence-corrected chi connectivity index (χ4v) is 3.23. The topological polar surface area (TPSA) is 94.7 Å². The third-order valence-electron chi connectivity index (χ3n) is 4.76. The normalized spacial score (nSPS) is 11.8. The molecule has 0 saturated heterocycles. The van der Waals surface area contributed by atoms with Gasteiger partial charge in [0, 0.05) is 30.0 Å². The van der Waals surface area contributed by atoms with Gasteiger partial charge in [-0.1, -0.05) is 29.8 Å². The fraction of sp³-hybridized carbons (Fsp3) is 0.136. The van der Waals surface area contributed by atoms with Crippen LogP contribution in [0.25, 0.3) is 16.9 Å². The predicted molar refractivity (Wildman–Crippen MR) is 117 cm³/mol. The van der Waals surface area contributed by atoms with Crippen LogP contribution in [0.2, 0.25) is 5.02 Å². The number of aryl methyl sites for hydroxylation is 1. The number of aromatic nitrogens is 5. The minimum atomic E-state index is -0.540. The Morgan fingerprint density at radius 2 is 1.94 bits per heavy atom. The van der Waals surface area contributed by atoms with Crippen LogP contribution in [0.1, 0.15) is 28.9 Å². The number of benzene rings is 1. The lowest BCUT2D eigenvalue weighted by molar-refractivity contribution is 0.0937. The van der Waals surface area contributed by atoms with Gasteiger partial charge in [-0.25, -0.2) is 0 Å². The van der Waals surface area contributed by atoms with E-state index in [2.05, 4.69) is 20.5 Å². The minimum Gasteiger partial charge on any atom is -0.345 e. The zero-order valence-electron chi connectivity index (χ0n) is 16.9. The smallest absolute Gasteiger partial charge is 0.284 e. The maximum absolute atomic E-state index is 13.1. The van der Waals surface area contributed by atoms with E-state index in [1.165, 1.54) is 16.9 Å². The van der Waals surface area contributed by atoms with Crippen LogP contribution < -0.4 is 10.9 Å². The second-order valence-corrected chi connectivity index (χ2v) is 7.46. The lowest BCUT2D eigenvalue weighted by atomic mass is 10.1. The minimum absolute atomic E-state index is 0.0282. The van der Waals surface area contributed by atoms with Gasteiger partial charge in [-0.3, -0.25) is 19.3 Å². The molecule has 1 N–H and O–H groups in total. The summed E-state index contributed by atoms with van der Waals surface area (Å²) in [5, 5.41) is 12.0. The zero-order chi connectivity index (χ0) is 22.0. The standard InChI is InChI=1S/C22H19ClN6O2/c1-14(16-4-3-9-24-11-16)26-21(30)19-10-20(15-5-7-17(23)8-6-15)27-29(22(19)31)18-12-25-28(2)13-18/h3-14H,1-2H3,(H,26,30)/t14-/m0/s1. The van der Waals surface area contributed by atoms with Crippen LogP contribution >= 0.6 is 11.6 Å². The first kappa shape index (κ1) is 20.5. The Labute approximate surface area is 183 Å². The monoisotopic (exact) mass is 434 g/mol. The van der Waals surface area contributed by atoms with Crippen molar-refractivity contribution in [2.45, 2.75) is 13.0 Å². The molecule has 1 atom stereocenters. The first-order chi connectivity index (χ1) is 14.9. The molecule has 8 nitrogen and oxygen atoms in total. The van der Waals surface area contributed by atoms with Gasteiger partial charge < -0.3 is 5.32 Å². The molecule has 156 valence electrons. The highest BCUT2D eigenvalue weighted by molar-refractivity contribution is 6.30. The molecular weight excluding hydrogens is 416 g/mol. The second-order valence-electron chi connectivity index (χ2n) is 7.02. The van der Waals surface area contributed by atoms with E-state index in [1.807, 2.05) is 13.0 Å². The summed E-state index contributed by atoms with van der Waals surface area (Å²) >= 11 is 6.00. The van der Waals surface area contributed by atoms with Crippen molar-refractivity contribution >= 4 is 17.5 Å². The van der Waals surface area contributed by atoms with E-state index >= 15 is 0 Å². The number of amides is 1. The van der Waals surface area contributed by atoms with Crippen LogP contribution in [0.5, 0.6) is 0 Å². The quantitative estimate of drug-likeness (QED) is 0.520. The molecule has 4 aromatic rings. The van der Waals surface area contributed by atoms with E-state index < -0.39 is 11.5 Å². The van der Waals surface area contributed by atoms with Crippen molar-refractivity contribution in [2.75, 3.05) is 0 Å². The summed E-state index contributed by atoms with van der Waals surface area (Å²) in [7, 11) is 1.74. The summed E-state index contributed by atoms with van der Waals surface area (Å²) in [4.78, 5) is 30.3. The lowest BCUT2D eigenvalue weighted by Crippen LogP contribution is -2.35. The van der Waals surface area contributed by atoms with E-state index in [-0.39, 0.29) is 11.6 Å². The Kier molecular flexibility index (Phi) is 5.64. The maximum Gasteiger partial charge on any atom is 0.284 e. The van der Waals surface area contributed by atoms with Gasteiger partial charge in [0.1, 0.15) is 11.3 Å². The lowest BCUT2D eigenvalue weighted by Gasteiger charge is -2.15. The van der Waals surface area contributed by atoms with Crippen LogP contribution in [0, 0.1) is 0 Å². The van der Waals surface area contributed by atoms with Gasteiger partial charge in [-0.2, -0.15) is 14.9 Å². The molecule has 0 aliphatic heterocycles. The van der Waals surface area contributed by atoms with Crippen LogP contribution in [-0.4, -0.2) is 30.5 Å². The SMILES string of the molecule is C[C@H](NC(=O)c1cc(-c2ccc(Cl)cc2)nn(-c2cnn(C)c2)c1=O)c1cccnc1. The van der Waals surface area contributed by atoms with Gasteiger partial charge in [0.25, 0.3) is 11.5 Å². The van der Waals surface area contributed by atoms with E-state index in [1.54, 1.807) is 60.7 Å². The number of hydrogen-bond donors (Lipinski definition) is 1. The van der Waals surface area contributed by atoms with E-state index in [9.17, 15) is 9.59 Å². The van der Waals surface area contributed by atoms with Crippen molar-refractivity contribution < 1.29 is 4.79 Å². The average molecular weight is 435 g/mol. The van der Waals surface area contributed by atoms with Gasteiger partial charge in [-0.05, 0) is 36.8 Å². The zero-order valence-corrected chi connectivity index (χ0v) is 17.6. The van der Waals surface area contributed by atoms with Crippen molar-refractivity contribution in [3.8, 4) is 16.9 Å². The predicted octanol–water partition coefficient (Wildman–Crippen LogP) is 3.17. The van der Waals surface area contributed by atoms with Crippen molar-refractivity contribution in [1.82, 2.24) is 29.9 Å². The largest absolute Gasteiger partial charge is 0.345 e. The molecule has 3 heterocycles. The second kappa shape index (κ2) is 8.53. The molecule has 0 aliphatic carbocycles. The van der Waals surface area contributed by atoms with E-state index in [4.69, 9.17) is 11.6 Å². The summed E-state index contributed by atoms with van der Waals surface area (Å²) in [5.74, 6) is -0.503. The fourth-order valence-electron chi connectivity index (χ4n) is 3.10. The van der Waals surface area contributed by atoms with Gasteiger partial charge in [0.05, 0.1) is 24.1 Å². The molecule has 0 aliphatic rings. The first-order valence-electron chi connectivity index (χ1n) is 9.52. The molecule has 1 aromatic carbocycles. The number of carbonyl (C=O) groups is 1. The molecule has 0 radical (unpaired) electrons. The summed E-state index contributed by atoms with van der Waals surface area (Å²) in [5.41, 5.74) is 1.89. The molecule has 0 fully saturated rings.